The van der Waals surface area contributed by atoms with Crippen LogP contribution in [0.2, 0.25) is 0 Å². The number of hydrogen-bond acceptors (Lipinski definition) is 2. The fourth-order valence-electron chi connectivity index (χ4n) is 2.96. The molecule has 2 nitrogen and oxygen atoms in total. The molecule has 2 unspecified atom stereocenters. The van der Waals surface area contributed by atoms with Crippen LogP contribution in [0.25, 0.3) is 0 Å². The minimum absolute atomic E-state index is 0.0365. The molecule has 2 aromatic carbocycles. The smallest absolute Gasteiger partial charge is 0.123 e. The molecule has 0 saturated carbocycles. The summed E-state index contributed by atoms with van der Waals surface area (Å²) in [6.45, 7) is 1.99. The number of halogens is 1. The van der Waals surface area contributed by atoms with Crippen LogP contribution in [0.4, 0.5) is 4.39 Å². The minimum atomic E-state index is -0.214. The molecule has 1 aliphatic carbocycles. The van der Waals surface area contributed by atoms with Gasteiger partial charge in [-0.2, -0.15) is 0 Å². The first-order valence-corrected chi connectivity index (χ1v) is 6.50. The Morgan fingerprint density at radius 2 is 2.05 bits per heavy atom. The lowest BCUT2D eigenvalue weighted by Crippen LogP contribution is -2.37. The van der Waals surface area contributed by atoms with Crippen molar-refractivity contribution in [1.82, 2.24) is 5.43 Å². The lowest BCUT2D eigenvalue weighted by atomic mass is 9.71. The van der Waals surface area contributed by atoms with Crippen molar-refractivity contribution in [2.45, 2.75) is 25.3 Å². The molecule has 0 fully saturated rings. The normalized spacial score (nSPS) is 18.6. The first kappa shape index (κ1) is 12.3. The molecule has 3 N–H and O–H groups in total. The summed E-state index contributed by atoms with van der Waals surface area (Å²) in [6.07, 6.45) is 0.987. The predicted molar refractivity (Wildman–Crippen MR) is 74.1 cm³/mol. The highest BCUT2D eigenvalue weighted by Crippen LogP contribution is 2.43. The van der Waals surface area contributed by atoms with Crippen molar-refractivity contribution in [2.24, 2.45) is 5.84 Å². The molecule has 2 atom stereocenters. The van der Waals surface area contributed by atoms with E-state index in [1.165, 1.54) is 17.2 Å². The van der Waals surface area contributed by atoms with Gasteiger partial charge in [-0.25, -0.2) is 4.39 Å². The number of aryl methyl sites for hydroxylation is 1. The second-order valence-corrected chi connectivity index (χ2v) is 5.15. The van der Waals surface area contributed by atoms with Crippen molar-refractivity contribution in [1.29, 1.82) is 0 Å². The van der Waals surface area contributed by atoms with Crippen LogP contribution in [0.1, 0.15) is 34.2 Å². The van der Waals surface area contributed by atoms with Crippen LogP contribution in [0.15, 0.2) is 42.5 Å². The third-order valence-electron chi connectivity index (χ3n) is 4.05. The van der Waals surface area contributed by atoms with Crippen LogP contribution < -0.4 is 11.3 Å². The second kappa shape index (κ2) is 4.76. The van der Waals surface area contributed by atoms with E-state index in [9.17, 15) is 4.39 Å². The highest BCUT2D eigenvalue weighted by Gasteiger charge is 2.33. The molecule has 0 amide bonds. The zero-order chi connectivity index (χ0) is 13.4. The van der Waals surface area contributed by atoms with E-state index in [1.807, 2.05) is 19.1 Å². The Labute approximate surface area is 112 Å². The van der Waals surface area contributed by atoms with E-state index in [2.05, 4.69) is 17.6 Å². The molecule has 3 rings (SSSR count). The zero-order valence-electron chi connectivity index (χ0n) is 10.9. The fourth-order valence-corrected chi connectivity index (χ4v) is 2.96. The van der Waals surface area contributed by atoms with Gasteiger partial charge < -0.3 is 0 Å². The van der Waals surface area contributed by atoms with Crippen molar-refractivity contribution in [3.63, 3.8) is 0 Å². The molecular weight excluding hydrogens is 239 g/mol. The third kappa shape index (κ3) is 2.05. The Kier molecular flexibility index (Phi) is 3.09. The highest BCUT2D eigenvalue weighted by atomic mass is 19.1. The Morgan fingerprint density at radius 1 is 1.26 bits per heavy atom. The molecule has 19 heavy (non-hydrogen) atoms. The average molecular weight is 256 g/mol. The molecule has 0 aromatic heterocycles. The quantitative estimate of drug-likeness (QED) is 0.654. The maximum absolute atomic E-state index is 13.5. The van der Waals surface area contributed by atoms with Gasteiger partial charge in [-0.1, -0.05) is 30.3 Å². The van der Waals surface area contributed by atoms with E-state index in [1.54, 1.807) is 12.1 Å². The lowest BCUT2D eigenvalue weighted by molar-refractivity contribution is 0.416. The largest absolute Gasteiger partial charge is 0.271 e. The van der Waals surface area contributed by atoms with E-state index >= 15 is 0 Å². The number of hydrazine groups is 1. The van der Waals surface area contributed by atoms with Gasteiger partial charge in [0.05, 0.1) is 6.04 Å². The second-order valence-electron chi connectivity index (χ2n) is 5.15. The molecule has 3 heteroatoms. The molecule has 0 bridgehead atoms. The van der Waals surface area contributed by atoms with Crippen molar-refractivity contribution >= 4 is 0 Å². The van der Waals surface area contributed by atoms with E-state index < -0.39 is 0 Å². The van der Waals surface area contributed by atoms with Crippen LogP contribution in [-0.2, 0) is 6.42 Å². The Bertz CT molecular complexity index is 609. The third-order valence-corrected chi connectivity index (χ3v) is 4.05. The summed E-state index contributed by atoms with van der Waals surface area (Å²) in [4.78, 5) is 0. The van der Waals surface area contributed by atoms with Gasteiger partial charge in [-0.05, 0) is 47.7 Å². The van der Waals surface area contributed by atoms with Crippen LogP contribution in [0, 0.1) is 12.7 Å². The van der Waals surface area contributed by atoms with Crippen molar-refractivity contribution in [3.8, 4) is 0 Å². The van der Waals surface area contributed by atoms with Crippen LogP contribution in [-0.4, -0.2) is 0 Å². The number of fused-ring (bicyclic) bond motifs is 1. The standard InChI is InChI=1S/C16H17FN2/c1-10-6-7-12(17)9-14(10)16(19-18)15-8-11-4-2-3-5-13(11)15/h2-7,9,15-16,19H,8,18H2,1H3. The molecule has 1 aliphatic rings. The first-order chi connectivity index (χ1) is 9.20. The highest BCUT2D eigenvalue weighted by molar-refractivity contribution is 5.44. The monoisotopic (exact) mass is 256 g/mol. The van der Waals surface area contributed by atoms with Gasteiger partial charge in [0.15, 0.2) is 0 Å². The lowest BCUT2D eigenvalue weighted by Gasteiger charge is -2.37. The van der Waals surface area contributed by atoms with Crippen LogP contribution >= 0.6 is 0 Å². The molecule has 0 spiro atoms. The maximum atomic E-state index is 13.5. The summed E-state index contributed by atoms with van der Waals surface area (Å²) < 4.78 is 13.5. The minimum Gasteiger partial charge on any atom is -0.271 e. The van der Waals surface area contributed by atoms with Crippen LogP contribution in [0.3, 0.4) is 0 Å². The molecule has 0 saturated heterocycles. The fraction of sp³-hybridized carbons (Fsp3) is 0.250. The molecule has 0 radical (unpaired) electrons. The Hall–Kier alpha value is -1.71. The number of hydrogen-bond donors (Lipinski definition) is 2. The summed E-state index contributed by atoms with van der Waals surface area (Å²) in [7, 11) is 0. The van der Waals surface area contributed by atoms with Gasteiger partial charge in [0.25, 0.3) is 0 Å². The SMILES string of the molecule is Cc1ccc(F)cc1C(NN)C1Cc2ccccc21. The van der Waals surface area contributed by atoms with E-state index in [0.29, 0.717) is 5.92 Å². The van der Waals surface area contributed by atoms with Crippen LogP contribution in [0.5, 0.6) is 0 Å². The maximum Gasteiger partial charge on any atom is 0.123 e. The van der Waals surface area contributed by atoms with Crippen molar-refractivity contribution < 1.29 is 4.39 Å². The topological polar surface area (TPSA) is 38.0 Å². The van der Waals surface area contributed by atoms with Gasteiger partial charge in [0.2, 0.25) is 0 Å². The Balaban J connectivity index is 1.97. The number of benzene rings is 2. The summed E-state index contributed by atoms with van der Waals surface area (Å²) in [5.41, 5.74) is 7.55. The number of rotatable bonds is 3. The number of nitrogens with one attached hydrogen (secondary N) is 1. The van der Waals surface area contributed by atoms with Crippen molar-refractivity contribution in [3.05, 3.63) is 70.5 Å². The summed E-state index contributed by atoms with van der Waals surface area (Å²) in [5.74, 6) is 5.83. The van der Waals surface area contributed by atoms with Crippen molar-refractivity contribution in [2.75, 3.05) is 0 Å². The molecular formula is C16H17FN2. The van der Waals surface area contributed by atoms with E-state index in [-0.39, 0.29) is 11.9 Å². The van der Waals surface area contributed by atoms with Gasteiger partial charge >= 0.3 is 0 Å². The zero-order valence-corrected chi connectivity index (χ0v) is 10.9. The van der Waals surface area contributed by atoms with Gasteiger partial charge in [0.1, 0.15) is 5.82 Å². The average Bonchev–Trinajstić information content (AvgIpc) is 2.39. The van der Waals surface area contributed by atoms with E-state index in [4.69, 9.17) is 5.84 Å². The molecule has 0 aliphatic heterocycles. The summed E-state index contributed by atoms with van der Waals surface area (Å²) >= 11 is 0. The molecule has 2 aromatic rings. The van der Waals surface area contributed by atoms with Gasteiger partial charge in [-0.15, -0.1) is 0 Å². The van der Waals surface area contributed by atoms with E-state index in [0.717, 1.165) is 17.5 Å². The van der Waals surface area contributed by atoms with Gasteiger partial charge in [-0.3, -0.25) is 11.3 Å². The number of nitrogens with two attached hydrogens (primary N) is 1. The van der Waals surface area contributed by atoms with Gasteiger partial charge in [0, 0.05) is 5.92 Å². The predicted octanol–water partition coefficient (Wildman–Crippen LogP) is 2.98. The first-order valence-electron chi connectivity index (χ1n) is 6.50. The molecule has 98 valence electrons. The Morgan fingerprint density at radius 3 is 2.79 bits per heavy atom. The summed E-state index contributed by atoms with van der Waals surface area (Å²) in [5, 5.41) is 0. The molecule has 0 heterocycles. The summed E-state index contributed by atoms with van der Waals surface area (Å²) in [6, 6.07) is 13.2.